The summed E-state index contributed by atoms with van der Waals surface area (Å²) in [4.78, 5) is 39.8. The molecule has 2 amide bonds. The second-order valence-corrected chi connectivity index (χ2v) is 7.93. The van der Waals surface area contributed by atoms with E-state index in [-0.39, 0.29) is 23.7 Å². The summed E-state index contributed by atoms with van der Waals surface area (Å²) in [7, 11) is 0. The molecule has 2 atom stereocenters. The van der Waals surface area contributed by atoms with Gasteiger partial charge < -0.3 is 4.74 Å². The van der Waals surface area contributed by atoms with E-state index in [0.29, 0.717) is 17.0 Å². The molecule has 0 radical (unpaired) electrons. The molecule has 0 N–H and O–H groups in total. The molecule has 5 heteroatoms. The summed E-state index contributed by atoms with van der Waals surface area (Å²) in [5.74, 6) is -0.795. The number of anilines is 1. The van der Waals surface area contributed by atoms with Crippen molar-refractivity contribution >= 4 is 34.2 Å². The first-order valence-electron chi connectivity index (χ1n) is 10.3. The topological polar surface area (TPSA) is 63.7 Å². The first kappa shape index (κ1) is 18.6. The van der Waals surface area contributed by atoms with Gasteiger partial charge in [0.2, 0.25) is 11.8 Å². The van der Waals surface area contributed by atoms with Crippen LogP contribution < -0.4 is 9.64 Å². The predicted molar refractivity (Wildman–Crippen MR) is 113 cm³/mol. The first-order valence-corrected chi connectivity index (χ1v) is 10.3. The maximum atomic E-state index is 12.9. The van der Waals surface area contributed by atoms with Crippen molar-refractivity contribution in [3.8, 4) is 5.75 Å². The summed E-state index contributed by atoms with van der Waals surface area (Å²) in [6.45, 7) is 0. The molecule has 2 aliphatic rings. The molecule has 30 heavy (non-hydrogen) atoms. The fourth-order valence-electron chi connectivity index (χ4n) is 4.63. The van der Waals surface area contributed by atoms with Crippen LogP contribution in [0.2, 0.25) is 0 Å². The molecule has 1 saturated heterocycles. The standard InChI is InChI=1S/C25H21NO4/c27-23-20-12-3-4-13-21(20)24(28)26(23)18-10-5-9-17(15-18)25(29)30-22-14-6-8-16-7-1-2-11-19(16)22/h1-2,5-11,14-15,20-21H,3-4,12-13H2/t20-,21+. The van der Waals surface area contributed by atoms with Crippen LogP contribution in [-0.2, 0) is 9.59 Å². The van der Waals surface area contributed by atoms with E-state index in [1.807, 2.05) is 36.4 Å². The van der Waals surface area contributed by atoms with Crippen LogP contribution in [0, 0.1) is 11.8 Å². The maximum absolute atomic E-state index is 12.9. The van der Waals surface area contributed by atoms with Crippen LogP contribution in [0.25, 0.3) is 10.8 Å². The number of amides is 2. The third-order valence-electron chi connectivity index (χ3n) is 6.13. The molecular formula is C25H21NO4. The van der Waals surface area contributed by atoms with Gasteiger partial charge in [0.1, 0.15) is 5.75 Å². The van der Waals surface area contributed by atoms with Crippen molar-refractivity contribution in [1.82, 2.24) is 0 Å². The summed E-state index contributed by atoms with van der Waals surface area (Å²) in [6.07, 6.45) is 3.47. The molecule has 3 aromatic rings. The highest BCUT2D eigenvalue weighted by Gasteiger charge is 2.48. The van der Waals surface area contributed by atoms with Gasteiger partial charge in [0.15, 0.2) is 0 Å². The van der Waals surface area contributed by atoms with Gasteiger partial charge in [0.05, 0.1) is 23.1 Å². The lowest BCUT2D eigenvalue weighted by atomic mass is 9.81. The van der Waals surface area contributed by atoms with Crippen LogP contribution in [0.15, 0.2) is 66.7 Å². The van der Waals surface area contributed by atoms with E-state index in [2.05, 4.69) is 0 Å². The highest BCUT2D eigenvalue weighted by Crippen LogP contribution is 2.40. The lowest BCUT2D eigenvalue weighted by molar-refractivity contribution is -0.122. The summed E-state index contributed by atoms with van der Waals surface area (Å²) in [5, 5.41) is 1.82. The number of ether oxygens (including phenoxy) is 1. The summed E-state index contributed by atoms with van der Waals surface area (Å²) in [5.41, 5.74) is 0.739. The zero-order valence-corrected chi connectivity index (χ0v) is 16.4. The number of hydrogen-bond donors (Lipinski definition) is 0. The second kappa shape index (κ2) is 7.41. The third kappa shape index (κ3) is 3.07. The Hall–Kier alpha value is -3.47. The van der Waals surface area contributed by atoms with Crippen molar-refractivity contribution in [2.24, 2.45) is 11.8 Å². The molecule has 2 fully saturated rings. The number of nitrogens with zero attached hydrogens (tertiary/aromatic N) is 1. The minimum Gasteiger partial charge on any atom is -0.422 e. The van der Waals surface area contributed by atoms with Crippen molar-refractivity contribution in [2.45, 2.75) is 25.7 Å². The minimum absolute atomic E-state index is 0.149. The molecule has 150 valence electrons. The first-order chi connectivity index (χ1) is 14.6. The van der Waals surface area contributed by atoms with Gasteiger partial charge in [-0.2, -0.15) is 0 Å². The highest BCUT2D eigenvalue weighted by atomic mass is 16.5. The SMILES string of the molecule is O=C(Oc1cccc2ccccc12)c1cccc(N2C(=O)[C@H]3CCCC[C@H]3C2=O)c1. The monoisotopic (exact) mass is 399 g/mol. The van der Waals surface area contributed by atoms with Crippen LogP contribution in [0.5, 0.6) is 5.75 Å². The number of carbonyl (C=O) groups is 3. The molecule has 1 heterocycles. The van der Waals surface area contributed by atoms with Crippen LogP contribution in [0.1, 0.15) is 36.0 Å². The van der Waals surface area contributed by atoms with Gasteiger partial charge in [-0.25, -0.2) is 4.79 Å². The van der Waals surface area contributed by atoms with E-state index >= 15 is 0 Å². The Labute approximate surface area is 174 Å². The van der Waals surface area contributed by atoms with Gasteiger partial charge in [0.25, 0.3) is 0 Å². The van der Waals surface area contributed by atoms with Gasteiger partial charge >= 0.3 is 5.97 Å². The Bertz CT molecular complexity index is 1140. The van der Waals surface area contributed by atoms with Crippen LogP contribution >= 0.6 is 0 Å². The number of carbonyl (C=O) groups excluding carboxylic acids is 3. The number of hydrogen-bond acceptors (Lipinski definition) is 4. The predicted octanol–water partition coefficient (Wildman–Crippen LogP) is 4.74. The van der Waals surface area contributed by atoms with Crippen molar-refractivity contribution < 1.29 is 19.1 Å². The van der Waals surface area contributed by atoms with Crippen LogP contribution in [0.4, 0.5) is 5.69 Å². The average Bonchev–Trinajstić information content (AvgIpc) is 3.04. The fraction of sp³-hybridized carbons (Fsp3) is 0.240. The van der Waals surface area contributed by atoms with Crippen molar-refractivity contribution in [1.29, 1.82) is 0 Å². The maximum Gasteiger partial charge on any atom is 0.343 e. The Morgan fingerprint density at radius 1 is 0.833 bits per heavy atom. The molecule has 1 aliphatic carbocycles. The molecule has 3 aromatic carbocycles. The summed E-state index contributed by atoms with van der Waals surface area (Å²) < 4.78 is 5.65. The Kier molecular flexibility index (Phi) is 4.58. The quantitative estimate of drug-likeness (QED) is 0.363. The fourth-order valence-corrected chi connectivity index (χ4v) is 4.63. The molecule has 0 unspecified atom stereocenters. The van der Waals surface area contributed by atoms with E-state index in [1.54, 1.807) is 30.3 Å². The van der Waals surface area contributed by atoms with Crippen molar-refractivity contribution in [2.75, 3.05) is 4.90 Å². The molecule has 5 nitrogen and oxygen atoms in total. The summed E-state index contributed by atoms with van der Waals surface area (Å²) in [6, 6.07) is 19.8. The van der Waals surface area contributed by atoms with Gasteiger partial charge in [-0.15, -0.1) is 0 Å². The van der Waals surface area contributed by atoms with Crippen LogP contribution in [-0.4, -0.2) is 17.8 Å². The molecule has 0 bridgehead atoms. The third-order valence-corrected chi connectivity index (χ3v) is 6.13. The largest absolute Gasteiger partial charge is 0.422 e. The summed E-state index contributed by atoms with van der Waals surface area (Å²) >= 11 is 0. The Morgan fingerprint density at radius 3 is 2.27 bits per heavy atom. The average molecular weight is 399 g/mol. The zero-order chi connectivity index (χ0) is 20.7. The number of rotatable bonds is 3. The lowest BCUT2D eigenvalue weighted by Crippen LogP contribution is -2.31. The van der Waals surface area contributed by atoms with Crippen molar-refractivity contribution in [3.05, 3.63) is 72.3 Å². The number of benzene rings is 3. The molecule has 0 spiro atoms. The molecule has 5 rings (SSSR count). The molecule has 0 aromatic heterocycles. The number of imide groups is 1. The van der Waals surface area contributed by atoms with Gasteiger partial charge in [-0.05, 0) is 42.5 Å². The van der Waals surface area contributed by atoms with E-state index in [4.69, 9.17) is 4.74 Å². The molecule has 1 saturated carbocycles. The molecular weight excluding hydrogens is 378 g/mol. The van der Waals surface area contributed by atoms with Gasteiger partial charge in [-0.3, -0.25) is 14.5 Å². The van der Waals surface area contributed by atoms with Gasteiger partial charge in [0, 0.05) is 5.39 Å². The zero-order valence-electron chi connectivity index (χ0n) is 16.4. The highest BCUT2D eigenvalue weighted by molar-refractivity contribution is 6.22. The van der Waals surface area contributed by atoms with Crippen LogP contribution in [0.3, 0.4) is 0 Å². The smallest absolute Gasteiger partial charge is 0.343 e. The van der Waals surface area contributed by atoms with Crippen molar-refractivity contribution in [3.63, 3.8) is 0 Å². The Balaban J connectivity index is 1.43. The minimum atomic E-state index is -0.523. The number of esters is 1. The van der Waals surface area contributed by atoms with E-state index < -0.39 is 5.97 Å². The normalized spacial score (nSPS) is 21.0. The number of fused-ring (bicyclic) bond motifs is 2. The van der Waals surface area contributed by atoms with Gasteiger partial charge in [-0.1, -0.05) is 55.3 Å². The Morgan fingerprint density at radius 2 is 1.50 bits per heavy atom. The van der Waals surface area contributed by atoms with E-state index in [0.717, 1.165) is 36.5 Å². The van der Waals surface area contributed by atoms with E-state index in [9.17, 15) is 14.4 Å². The van der Waals surface area contributed by atoms with E-state index in [1.165, 1.54) is 4.90 Å². The molecule has 1 aliphatic heterocycles. The second-order valence-electron chi connectivity index (χ2n) is 7.93. The lowest BCUT2D eigenvalue weighted by Gasteiger charge is -2.19.